The monoisotopic (exact) mass is 243 g/mol. The van der Waals surface area contributed by atoms with E-state index in [2.05, 4.69) is 5.48 Å². The minimum atomic E-state index is 0.534. The third-order valence-corrected chi connectivity index (χ3v) is 2.68. The lowest BCUT2D eigenvalue weighted by Gasteiger charge is -2.11. The molecule has 0 saturated carbocycles. The van der Waals surface area contributed by atoms with E-state index in [1.165, 1.54) is 0 Å². The lowest BCUT2D eigenvalue weighted by atomic mass is 10.2. The molecular weight excluding hydrogens is 230 g/mol. The standard InChI is InChI=1S/C11H14ClNO3/c1-14-13-7-8-5-10-11(6-9(8)12)16-4-2-3-15-10/h5-6,13H,2-4,7H2,1H3. The number of rotatable bonds is 3. The highest BCUT2D eigenvalue weighted by molar-refractivity contribution is 6.31. The molecule has 1 aromatic rings. The summed E-state index contributed by atoms with van der Waals surface area (Å²) in [6, 6.07) is 3.67. The average molecular weight is 244 g/mol. The largest absolute Gasteiger partial charge is 0.490 e. The molecular formula is C11H14ClNO3. The van der Waals surface area contributed by atoms with Gasteiger partial charge in [0.1, 0.15) is 0 Å². The second-order valence-electron chi connectivity index (χ2n) is 3.47. The van der Waals surface area contributed by atoms with Gasteiger partial charge in [0.15, 0.2) is 11.5 Å². The zero-order valence-corrected chi connectivity index (χ0v) is 9.84. The highest BCUT2D eigenvalue weighted by Crippen LogP contribution is 2.34. The number of halogens is 1. The molecule has 1 aromatic carbocycles. The van der Waals surface area contributed by atoms with Crippen molar-refractivity contribution in [2.75, 3.05) is 20.3 Å². The molecule has 5 heteroatoms. The summed E-state index contributed by atoms with van der Waals surface area (Å²) >= 11 is 6.12. The molecule has 0 amide bonds. The van der Waals surface area contributed by atoms with Crippen LogP contribution in [0.4, 0.5) is 0 Å². The molecule has 1 N–H and O–H groups in total. The van der Waals surface area contributed by atoms with E-state index in [1.54, 1.807) is 13.2 Å². The van der Waals surface area contributed by atoms with Gasteiger partial charge in [0, 0.05) is 24.1 Å². The number of fused-ring (bicyclic) bond motifs is 1. The van der Waals surface area contributed by atoms with Gasteiger partial charge in [0.05, 0.1) is 20.3 Å². The van der Waals surface area contributed by atoms with Crippen LogP contribution < -0.4 is 15.0 Å². The van der Waals surface area contributed by atoms with Crippen molar-refractivity contribution in [1.82, 2.24) is 5.48 Å². The maximum atomic E-state index is 6.12. The Balaban J connectivity index is 2.24. The van der Waals surface area contributed by atoms with Crippen LogP contribution in [0.1, 0.15) is 12.0 Å². The Labute approximate surface area is 99.4 Å². The van der Waals surface area contributed by atoms with Crippen LogP contribution in [0.3, 0.4) is 0 Å². The third kappa shape index (κ3) is 2.58. The minimum absolute atomic E-state index is 0.534. The predicted molar refractivity (Wildman–Crippen MR) is 60.9 cm³/mol. The molecule has 2 rings (SSSR count). The number of benzene rings is 1. The van der Waals surface area contributed by atoms with Gasteiger partial charge in [-0.25, -0.2) is 0 Å². The van der Waals surface area contributed by atoms with Gasteiger partial charge in [0.2, 0.25) is 0 Å². The highest BCUT2D eigenvalue weighted by atomic mass is 35.5. The molecule has 0 radical (unpaired) electrons. The van der Waals surface area contributed by atoms with Crippen molar-refractivity contribution < 1.29 is 14.3 Å². The fourth-order valence-electron chi connectivity index (χ4n) is 1.51. The molecule has 16 heavy (non-hydrogen) atoms. The van der Waals surface area contributed by atoms with Gasteiger partial charge < -0.3 is 14.3 Å². The van der Waals surface area contributed by atoms with E-state index in [0.717, 1.165) is 17.7 Å². The Morgan fingerprint density at radius 3 is 2.69 bits per heavy atom. The smallest absolute Gasteiger partial charge is 0.162 e. The number of hydrogen-bond donors (Lipinski definition) is 1. The number of hydrogen-bond acceptors (Lipinski definition) is 4. The first kappa shape index (κ1) is 11.5. The molecule has 0 unspecified atom stereocenters. The van der Waals surface area contributed by atoms with Gasteiger partial charge in [-0.05, 0) is 11.6 Å². The number of ether oxygens (including phenoxy) is 2. The second kappa shape index (κ2) is 5.39. The normalized spacial score (nSPS) is 14.6. The SMILES string of the molecule is CONCc1cc2c(cc1Cl)OCCCO2. The zero-order valence-electron chi connectivity index (χ0n) is 9.09. The van der Waals surface area contributed by atoms with Crippen molar-refractivity contribution in [3.05, 3.63) is 22.7 Å². The van der Waals surface area contributed by atoms with Gasteiger partial charge in [-0.15, -0.1) is 0 Å². The molecule has 0 aliphatic carbocycles. The summed E-state index contributed by atoms with van der Waals surface area (Å²) < 4.78 is 11.1. The van der Waals surface area contributed by atoms with Crippen LogP contribution in [-0.2, 0) is 11.4 Å². The van der Waals surface area contributed by atoms with E-state index in [9.17, 15) is 0 Å². The molecule has 0 aromatic heterocycles. The maximum absolute atomic E-state index is 6.12. The molecule has 0 atom stereocenters. The molecule has 0 fully saturated rings. The summed E-state index contributed by atoms with van der Waals surface area (Å²) in [6.45, 7) is 1.87. The van der Waals surface area contributed by atoms with Gasteiger partial charge in [-0.2, -0.15) is 5.48 Å². The van der Waals surface area contributed by atoms with E-state index in [1.807, 2.05) is 6.07 Å². The van der Waals surface area contributed by atoms with Gasteiger partial charge in [0.25, 0.3) is 0 Å². The molecule has 88 valence electrons. The fraction of sp³-hybridized carbons (Fsp3) is 0.455. The van der Waals surface area contributed by atoms with E-state index < -0.39 is 0 Å². The van der Waals surface area contributed by atoms with Crippen LogP contribution in [0.2, 0.25) is 5.02 Å². The van der Waals surface area contributed by atoms with Crippen molar-refractivity contribution in [1.29, 1.82) is 0 Å². The van der Waals surface area contributed by atoms with Crippen molar-refractivity contribution in [2.24, 2.45) is 0 Å². The first-order valence-electron chi connectivity index (χ1n) is 5.15. The van der Waals surface area contributed by atoms with Crippen LogP contribution in [0.5, 0.6) is 11.5 Å². The molecule has 1 heterocycles. The van der Waals surface area contributed by atoms with Crippen molar-refractivity contribution in [2.45, 2.75) is 13.0 Å². The van der Waals surface area contributed by atoms with Crippen molar-refractivity contribution in [3.63, 3.8) is 0 Å². The Kier molecular flexibility index (Phi) is 3.88. The van der Waals surface area contributed by atoms with E-state index in [0.29, 0.717) is 30.5 Å². The summed E-state index contributed by atoms with van der Waals surface area (Å²) in [6.07, 6.45) is 0.887. The average Bonchev–Trinajstić information content (AvgIpc) is 2.50. The lowest BCUT2D eigenvalue weighted by Crippen LogP contribution is -2.11. The summed E-state index contributed by atoms with van der Waals surface area (Å²) in [7, 11) is 1.57. The number of nitrogens with one attached hydrogen (secondary N) is 1. The topological polar surface area (TPSA) is 39.7 Å². The quantitative estimate of drug-likeness (QED) is 0.826. The Bertz CT molecular complexity index is 370. The minimum Gasteiger partial charge on any atom is -0.490 e. The Hall–Kier alpha value is -0.970. The fourth-order valence-corrected chi connectivity index (χ4v) is 1.73. The van der Waals surface area contributed by atoms with Crippen molar-refractivity contribution >= 4 is 11.6 Å². The van der Waals surface area contributed by atoms with Gasteiger partial charge in [-0.1, -0.05) is 11.6 Å². The summed E-state index contributed by atoms with van der Waals surface area (Å²) in [4.78, 5) is 4.79. The van der Waals surface area contributed by atoms with Crippen LogP contribution in [-0.4, -0.2) is 20.3 Å². The van der Waals surface area contributed by atoms with E-state index in [4.69, 9.17) is 25.9 Å². The van der Waals surface area contributed by atoms with E-state index >= 15 is 0 Å². The Morgan fingerprint density at radius 1 is 1.31 bits per heavy atom. The van der Waals surface area contributed by atoms with Gasteiger partial charge >= 0.3 is 0 Å². The predicted octanol–water partition coefficient (Wildman–Crippen LogP) is 2.15. The summed E-state index contributed by atoms with van der Waals surface area (Å²) in [5.41, 5.74) is 3.67. The molecule has 0 bridgehead atoms. The van der Waals surface area contributed by atoms with Crippen LogP contribution in [0, 0.1) is 0 Å². The van der Waals surface area contributed by atoms with Crippen LogP contribution in [0.15, 0.2) is 12.1 Å². The maximum Gasteiger partial charge on any atom is 0.162 e. The van der Waals surface area contributed by atoms with Crippen LogP contribution in [0.25, 0.3) is 0 Å². The zero-order chi connectivity index (χ0) is 11.4. The summed E-state index contributed by atoms with van der Waals surface area (Å²) in [5, 5.41) is 0.647. The molecule has 0 saturated heterocycles. The molecule has 0 spiro atoms. The third-order valence-electron chi connectivity index (χ3n) is 2.32. The lowest BCUT2D eigenvalue weighted by molar-refractivity contribution is 0.0867. The molecule has 1 aliphatic heterocycles. The Morgan fingerprint density at radius 2 is 2.00 bits per heavy atom. The van der Waals surface area contributed by atoms with Crippen LogP contribution >= 0.6 is 11.6 Å². The first-order valence-corrected chi connectivity index (χ1v) is 5.53. The van der Waals surface area contributed by atoms with E-state index in [-0.39, 0.29) is 0 Å². The molecule has 4 nitrogen and oxygen atoms in total. The number of hydroxylamine groups is 1. The summed E-state index contributed by atoms with van der Waals surface area (Å²) in [5.74, 6) is 1.46. The highest BCUT2D eigenvalue weighted by Gasteiger charge is 2.13. The second-order valence-corrected chi connectivity index (χ2v) is 3.87. The van der Waals surface area contributed by atoms with Crippen molar-refractivity contribution in [3.8, 4) is 11.5 Å². The molecule has 1 aliphatic rings. The first-order chi connectivity index (χ1) is 7.81. The van der Waals surface area contributed by atoms with Gasteiger partial charge in [-0.3, -0.25) is 0 Å².